The summed E-state index contributed by atoms with van der Waals surface area (Å²) < 4.78 is 0. The first kappa shape index (κ1) is 12.7. The Labute approximate surface area is 113 Å². The number of hydrogen-bond donors (Lipinski definition) is 1. The van der Waals surface area contributed by atoms with Crippen LogP contribution in [0.15, 0.2) is 18.2 Å². The van der Waals surface area contributed by atoms with Gasteiger partial charge >= 0.3 is 0 Å². The molecule has 1 aliphatic rings. The zero-order valence-electron chi connectivity index (χ0n) is 10.3. The Morgan fingerprint density at radius 1 is 1.53 bits per heavy atom. The Kier molecular flexibility index (Phi) is 3.94. The lowest BCUT2D eigenvalue weighted by Gasteiger charge is -2.28. The van der Waals surface area contributed by atoms with Gasteiger partial charge in [-0.3, -0.25) is 0 Å². The molecule has 1 atom stereocenters. The fourth-order valence-corrected chi connectivity index (χ4v) is 3.61. The standard InChI is InChI=1S/C13H18N2S2/c1-9-3-4-12(11(7-9)13(14)16)15(2)10-5-6-17-8-10/h3-4,7,10H,5-6,8H2,1-2H3,(H2,14,16). The van der Waals surface area contributed by atoms with Crippen LogP contribution in [0.1, 0.15) is 17.5 Å². The third-order valence-electron chi connectivity index (χ3n) is 3.25. The fraction of sp³-hybridized carbons (Fsp3) is 0.462. The molecule has 2 rings (SSSR count). The molecule has 1 aromatic carbocycles. The van der Waals surface area contributed by atoms with Crippen LogP contribution in [-0.4, -0.2) is 29.6 Å². The molecule has 2 nitrogen and oxygen atoms in total. The average molecular weight is 266 g/mol. The smallest absolute Gasteiger partial charge is 0.106 e. The van der Waals surface area contributed by atoms with Gasteiger partial charge in [-0.1, -0.05) is 23.8 Å². The highest BCUT2D eigenvalue weighted by molar-refractivity contribution is 7.99. The number of aryl methyl sites for hydroxylation is 1. The molecular formula is C13H18N2S2. The highest BCUT2D eigenvalue weighted by atomic mass is 32.2. The van der Waals surface area contributed by atoms with E-state index < -0.39 is 0 Å². The van der Waals surface area contributed by atoms with Crippen molar-refractivity contribution in [2.75, 3.05) is 23.5 Å². The first-order valence-electron chi connectivity index (χ1n) is 5.80. The summed E-state index contributed by atoms with van der Waals surface area (Å²) in [4.78, 5) is 2.81. The first-order valence-corrected chi connectivity index (χ1v) is 7.37. The van der Waals surface area contributed by atoms with Gasteiger partial charge in [-0.2, -0.15) is 11.8 Å². The highest BCUT2D eigenvalue weighted by Crippen LogP contribution is 2.28. The number of thiocarbonyl (C=S) groups is 1. The molecule has 1 saturated heterocycles. The Hall–Kier alpha value is -0.740. The lowest BCUT2D eigenvalue weighted by atomic mass is 10.1. The van der Waals surface area contributed by atoms with Crippen LogP contribution < -0.4 is 10.6 Å². The highest BCUT2D eigenvalue weighted by Gasteiger charge is 2.22. The molecule has 0 aliphatic carbocycles. The number of rotatable bonds is 3. The molecule has 17 heavy (non-hydrogen) atoms. The van der Waals surface area contributed by atoms with Crippen LogP contribution in [0.25, 0.3) is 0 Å². The van der Waals surface area contributed by atoms with Gasteiger partial charge in [0, 0.05) is 30.1 Å². The molecule has 2 N–H and O–H groups in total. The Morgan fingerprint density at radius 2 is 2.29 bits per heavy atom. The molecule has 1 aliphatic heterocycles. The number of thioether (sulfide) groups is 1. The molecule has 1 aromatic rings. The SMILES string of the molecule is Cc1ccc(N(C)C2CCSC2)c(C(N)=S)c1. The van der Waals surface area contributed by atoms with Crippen LogP contribution in [-0.2, 0) is 0 Å². The lowest BCUT2D eigenvalue weighted by Crippen LogP contribution is -2.33. The summed E-state index contributed by atoms with van der Waals surface area (Å²) in [7, 11) is 2.14. The van der Waals surface area contributed by atoms with Crippen molar-refractivity contribution in [3.63, 3.8) is 0 Å². The summed E-state index contributed by atoms with van der Waals surface area (Å²) in [6, 6.07) is 6.94. The van der Waals surface area contributed by atoms with Crippen molar-refractivity contribution >= 4 is 34.7 Å². The van der Waals surface area contributed by atoms with E-state index in [9.17, 15) is 0 Å². The Bertz CT molecular complexity index is 425. The molecular weight excluding hydrogens is 248 g/mol. The first-order chi connectivity index (χ1) is 8.09. The third kappa shape index (κ3) is 2.75. The number of benzene rings is 1. The summed E-state index contributed by atoms with van der Waals surface area (Å²) in [5.41, 5.74) is 9.18. The largest absolute Gasteiger partial charge is 0.389 e. The van der Waals surface area contributed by atoms with Crippen LogP contribution in [0.5, 0.6) is 0 Å². The molecule has 4 heteroatoms. The topological polar surface area (TPSA) is 29.3 Å². The predicted octanol–water partition coefficient (Wildman–Crippen LogP) is 2.57. The summed E-state index contributed by atoms with van der Waals surface area (Å²) in [5.74, 6) is 2.45. The lowest BCUT2D eigenvalue weighted by molar-refractivity contribution is 0.699. The van der Waals surface area contributed by atoms with Gasteiger partial charge in [-0.05, 0) is 31.2 Å². The van der Waals surface area contributed by atoms with Crippen molar-refractivity contribution in [3.05, 3.63) is 29.3 Å². The Balaban J connectivity index is 2.33. The van der Waals surface area contributed by atoms with Crippen LogP contribution >= 0.6 is 24.0 Å². The van der Waals surface area contributed by atoms with Crippen LogP contribution in [0.2, 0.25) is 0 Å². The molecule has 1 heterocycles. The van der Waals surface area contributed by atoms with E-state index in [-0.39, 0.29) is 0 Å². The molecule has 0 aromatic heterocycles. The molecule has 1 unspecified atom stereocenters. The van der Waals surface area contributed by atoms with Gasteiger partial charge in [0.2, 0.25) is 0 Å². The van der Waals surface area contributed by atoms with Crippen molar-refractivity contribution in [2.24, 2.45) is 5.73 Å². The van der Waals surface area contributed by atoms with Gasteiger partial charge in [0.15, 0.2) is 0 Å². The van der Waals surface area contributed by atoms with E-state index in [0.717, 1.165) is 11.3 Å². The molecule has 1 fully saturated rings. The normalized spacial score (nSPS) is 19.3. The maximum atomic E-state index is 5.82. The second-order valence-electron chi connectivity index (χ2n) is 4.51. The molecule has 92 valence electrons. The second kappa shape index (κ2) is 5.27. The summed E-state index contributed by atoms with van der Waals surface area (Å²) in [6.45, 7) is 2.07. The summed E-state index contributed by atoms with van der Waals surface area (Å²) >= 11 is 7.17. The van der Waals surface area contributed by atoms with Gasteiger partial charge in [0.25, 0.3) is 0 Å². The van der Waals surface area contributed by atoms with E-state index in [1.807, 2.05) is 11.8 Å². The molecule has 0 radical (unpaired) electrons. The van der Waals surface area contributed by atoms with Crippen molar-refractivity contribution < 1.29 is 0 Å². The van der Waals surface area contributed by atoms with Gasteiger partial charge in [0.1, 0.15) is 4.99 Å². The van der Waals surface area contributed by atoms with Gasteiger partial charge in [-0.15, -0.1) is 0 Å². The molecule has 0 bridgehead atoms. The molecule has 0 amide bonds. The zero-order chi connectivity index (χ0) is 12.4. The maximum Gasteiger partial charge on any atom is 0.106 e. The van der Waals surface area contributed by atoms with E-state index in [0.29, 0.717) is 11.0 Å². The molecule has 0 saturated carbocycles. The minimum absolute atomic E-state index is 0.487. The molecule has 0 spiro atoms. The summed E-state index contributed by atoms with van der Waals surface area (Å²) in [5, 5.41) is 0. The fourth-order valence-electron chi connectivity index (χ4n) is 2.18. The van der Waals surface area contributed by atoms with E-state index >= 15 is 0 Å². The number of anilines is 1. The van der Waals surface area contributed by atoms with Gasteiger partial charge in [0.05, 0.1) is 0 Å². The van der Waals surface area contributed by atoms with Gasteiger partial charge < -0.3 is 10.6 Å². The average Bonchev–Trinajstić information content (AvgIpc) is 2.81. The van der Waals surface area contributed by atoms with Crippen molar-refractivity contribution in [2.45, 2.75) is 19.4 Å². The van der Waals surface area contributed by atoms with Gasteiger partial charge in [-0.25, -0.2) is 0 Å². The van der Waals surface area contributed by atoms with E-state index in [1.165, 1.54) is 23.5 Å². The van der Waals surface area contributed by atoms with E-state index in [2.05, 4.69) is 37.1 Å². The van der Waals surface area contributed by atoms with Crippen LogP contribution in [0, 0.1) is 6.92 Å². The van der Waals surface area contributed by atoms with Crippen molar-refractivity contribution in [3.8, 4) is 0 Å². The van der Waals surface area contributed by atoms with E-state index in [4.69, 9.17) is 18.0 Å². The monoisotopic (exact) mass is 266 g/mol. The van der Waals surface area contributed by atoms with E-state index in [1.54, 1.807) is 0 Å². The minimum atomic E-state index is 0.487. The second-order valence-corrected chi connectivity index (χ2v) is 6.10. The number of nitrogens with two attached hydrogens (primary N) is 1. The number of hydrogen-bond acceptors (Lipinski definition) is 3. The van der Waals surface area contributed by atoms with Crippen LogP contribution in [0.4, 0.5) is 5.69 Å². The summed E-state index contributed by atoms with van der Waals surface area (Å²) in [6.07, 6.45) is 1.24. The quantitative estimate of drug-likeness (QED) is 0.852. The van der Waals surface area contributed by atoms with Crippen LogP contribution in [0.3, 0.4) is 0 Å². The Morgan fingerprint density at radius 3 is 2.88 bits per heavy atom. The predicted molar refractivity (Wildman–Crippen MR) is 81.2 cm³/mol. The number of nitrogens with zero attached hydrogens (tertiary/aromatic N) is 1. The third-order valence-corrected chi connectivity index (χ3v) is 4.62. The van der Waals surface area contributed by atoms with Crippen molar-refractivity contribution in [1.29, 1.82) is 0 Å². The van der Waals surface area contributed by atoms with Crippen molar-refractivity contribution in [1.82, 2.24) is 0 Å². The maximum absolute atomic E-state index is 5.82. The minimum Gasteiger partial charge on any atom is -0.389 e. The zero-order valence-corrected chi connectivity index (χ0v) is 11.9.